The largest absolute Gasteiger partial charge is 0.505 e. The van der Waals surface area contributed by atoms with Gasteiger partial charge in [-0.1, -0.05) is 84.9 Å². The van der Waals surface area contributed by atoms with E-state index in [2.05, 4.69) is 72.7 Å². The Kier molecular flexibility index (Phi) is 6.31. The number of phenols is 1. The zero-order valence-electron chi connectivity index (χ0n) is 23.5. The molecule has 0 unspecified atom stereocenters. The highest BCUT2D eigenvalue weighted by Gasteiger charge is 2.33. The van der Waals surface area contributed by atoms with Gasteiger partial charge in [0, 0.05) is 18.0 Å². The lowest BCUT2D eigenvalue weighted by molar-refractivity contribution is 0.283. The smallest absolute Gasteiger partial charge is 0.161 e. The minimum Gasteiger partial charge on any atom is -0.505 e. The van der Waals surface area contributed by atoms with E-state index < -0.39 is 5.41 Å². The van der Waals surface area contributed by atoms with Crippen LogP contribution in [0.5, 0.6) is 5.75 Å². The number of rotatable bonds is 5. The van der Waals surface area contributed by atoms with E-state index in [0.29, 0.717) is 5.69 Å². The van der Waals surface area contributed by atoms with Crippen molar-refractivity contribution in [2.24, 2.45) is 12.5 Å². The number of phenolic OH excluding ortho intramolecular Hbond substituents is 1. The van der Waals surface area contributed by atoms with Gasteiger partial charge in [0.25, 0.3) is 0 Å². The van der Waals surface area contributed by atoms with Crippen molar-refractivity contribution in [3.63, 3.8) is 0 Å². The lowest BCUT2D eigenvalue weighted by atomic mass is 9.70. The second-order valence-electron chi connectivity index (χ2n) is 12.7. The topological polar surface area (TPSA) is 55.9 Å². The molecule has 0 saturated carbocycles. The van der Waals surface area contributed by atoms with Crippen molar-refractivity contribution >= 4 is 44.8 Å². The van der Waals surface area contributed by atoms with Gasteiger partial charge in [-0.25, -0.2) is 0 Å². The molecule has 0 radical (unpaired) electrons. The van der Waals surface area contributed by atoms with E-state index >= 15 is 0 Å². The third-order valence-corrected chi connectivity index (χ3v) is 9.04. The first-order valence-corrected chi connectivity index (χ1v) is 14.2. The van der Waals surface area contributed by atoms with Crippen LogP contribution in [0.2, 0.25) is 0 Å². The van der Waals surface area contributed by atoms with Gasteiger partial charge in [-0.15, -0.1) is 26.3 Å². The Balaban J connectivity index is 1.75. The normalized spacial score (nSPS) is 13.1. The van der Waals surface area contributed by atoms with Gasteiger partial charge in [-0.3, -0.25) is 0 Å². The Morgan fingerprint density at radius 2 is 1.50 bits per heavy atom. The van der Waals surface area contributed by atoms with Crippen LogP contribution in [0.3, 0.4) is 0 Å². The van der Waals surface area contributed by atoms with Crippen molar-refractivity contribution in [2.75, 3.05) is 0 Å². The van der Waals surface area contributed by atoms with Gasteiger partial charge in [0.15, 0.2) is 3.95 Å². The molecule has 3 aromatic carbocycles. The number of aromatic nitrogens is 4. The molecular weight excluding hydrogens is 509 g/mol. The molecule has 0 aliphatic carbocycles. The van der Waals surface area contributed by atoms with E-state index in [4.69, 9.17) is 22.4 Å². The van der Waals surface area contributed by atoms with Gasteiger partial charge in [-0.2, -0.15) is 0 Å². The van der Waals surface area contributed by atoms with E-state index in [-0.39, 0.29) is 16.6 Å². The first kappa shape index (κ1) is 26.6. The number of hydrogen-bond acceptors (Lipinski definition) is 5. The minimum absolute atomic E-state index is 0.134. The van der Waals surface area contributed by atoms with Crippen molar-refractivity contribution in [2.45, 2.75) is 65.7 Å². The molecule has 2 aromatic heterocycles. The average Bonchev–Trinajstić information content (AvgIpc) is 3.36. The van der Waals surface area contributed by atoms with Crippen molar-refractivity contribution in [1.82, 2.24) is 19.6 Å². The van der Waals surface area contributed by atoms with Gasteiger partial charge in [0.2, 0.25) is 0 Å². The van der Waals surface area contributed by atoms with E-state index in [1.165, 1.54) is 0 Å². The maximum atomic E-state index is 11.8. The van der Waals surface area contributed by atoms with E-state index in [0.717, 1.165) is 48.3 Å². The summed E-state index contributed by atoms with van der Waals surface area (Å²) in [6.07, 6.45) is 0.986. The SMILES string of the molecule is Cn1c(=S)sc2cc3nn(-c4cc(C(C)(C)CC(C)(C)C)cc(C(C)(C)c5ccccc5)c4O)nc3cc21. The summed E-state index contributed by atoms with van der Waals surface area (Å²) in [5.74, 6) is 0.203. The Bertz CT molecular complexity index is 1720. The molecule has 5 aromatic rings. The summed E-state index contributed by atoms with van der Waals surface area (Å²) in [4.78, 5) is 1.60. The summed E-state index contributed by atoms with van der Waals surface area (Å²) in [5, 5.41) is 21.5. The molecule has 198 valence electrons. The van der Waals surface area contributed by atoms with E-state index in [9.17, 15) is 5.11 Å². The number of benzene rings is 3. The monoisotopic (exact) mass is 544 g/mol. The second kappa shape index (κ2) is 9.02. The highest BCUT2D eigenvalue weighted by molar-refractivity contribution is 7.73. The third kappa shape index (κ3) is 4.67. The first-order chi connectivity index (χ1) is 17.7. The van der Waals surface area contributed by atoms with Crippen LogP contribution in [0.25, 0.3) is 26.9 Å². The standard InChI is InChI=1S/C31H36N4OS2/c1-29(2,3)18-30(4,5)20-14-21(31(6,7)19-12-10-9-11-13-19)27(36)25(15-20)35-32-22-16-24-26(17-23(22)33-35)38-28(37)34(24)8/h9-17,36H,18H2,1-8H3. The van der Waals surface area contributed by atoms with Crippen LogP contribution in [0.4, 0.5) is 0 Å². The van der Waals surface area contributed by atoms with Gasteiger partial charge in [-0.05, 0) is 58.8 Å². The van der Waals surface area contributed by atoms with E-state index in [1.807, 2.05) is 41.9 Å². The maximum absolute atomic E-state index is 11.8. The predicted octanol–water partition coefficient (Wildman–Crippen LogP) is 8.45. The highest BCUT2D eigenvalue weighted by Crippen LogP contribution is 2.45. The molecule has 0 atom stereocenters. The molecule has 38 heavy (non-hydrogen) atoms. The average molecular weight is 545 g/mol. The molecular formula is C31H36N4OS2. The number of fused-ring (bicyclic) bond motifs is 2. The number of hydrogen-bond donors (Lipinski definition) is 1. The van der Waals surface area contributed by atoms with Crippen LogP contribution in [-0.4, -0.2) is 24.7 Å². The number of thiazole rings is 1. The molecule has 0 spiro atoms. The summed E-state index contributed by atoms with van der Waals surface area (Å²) < 4.78 is 3.90. The number of aromatic hydroxyl groups is 1. The van der Waals surface area contributed by atoms with Crippen molar-refractivity contribution < 1.29 is 5.11 Å². The molecule has 0 aliphatic rings. The maximum Gasteiger partial charge on any atom is 0.161 e. The summed E-state index contributed by atoms with van der Waals surface area (Å²) >= 11 is 7.03. The molecule has 5 rings (SSSR count). The van der Waals surface area contributed by atoms with Crippen molar-refractivity contribution in [3.8, 4) is 11.4 Å². The molecule has 7 heteroatoms. The fourth-order valence-electron chi connectivity index (χ4n) is 5.72. The van der Waals surface area contributed by atoms with E-state index in [1.54, 1.807) is 16.1 Å². The third-order valence-electron chi connectivity index (χ3n) is 7.52. The second-order valence-corrected chi connectivity index (χ2v) is 14.4. The van der Waals surface area contributed by atoms with Crippen LogP contribution in [0, 0.1) is 9.37 Å². The number of aryl methyl sites for hydroxylation is 1. The van der Waals surface area contributed by atoms with Gasteiger partial charge in [0.1, 0.15) is 22.5 Å². The lowest BCUT2D eigenvalue weighted by Gasteiger charge is -2.35. The van der Waals surface area contributed by atoms with Crippen molar-refractivity contribution in [1.29, 1.82) is 0 Å². The van der Waals surface area contributed by atoms with Crippen LogP contribution in [0.1, 0.15) is 71.6 Å². The fourth-order valence-corrected chi connectivity index (χ4v) is 6.98. The Morgan fingerprint density at radius 1 is 0.868 bits per heavy atom. The minimum atomic E-state index is -0.434. The number of nitrogens with zero attached hydrogens (tertiary/aromatic N) is 4. The zero-order chi connectivity index (χ0) is 27.6. The molecule has 0 amide bonds. The Hall–Kier alpha value is -3.03. The summed E-state index contributed by atoms with van der Waals surface area (Å²) in [7, 11) is 1.97. The molecule has 0 bridgehead atoms. The molecule has 5 nitrogen and oxygen atoms in total. The Morgan fingerprint density at radius 3 is 2.13 bits per heavy atom. The van der Waals surface area contributed by atoms with Gasteiger partial charge >= 0.3 is 0 Å². The van der Waals surface area contributed by atoms with Crippen molar-refractivity contribution in [3.05, 3.63) is 75.2 Å². The molecule has 2 heterocycles. The van der Waals surface area contributed by atoms with Gasteiger partial charge < -0.3 is 9.67 Å². The molecule has 0 saturated heterocycles. The van der Waals surface area contributed by atoms with Crippen LogP contribution in [-0.2, 0) is 17.9 Å². The summed E-state index contributed by atoms with van der Waals surface area (Å²) in [6, 6.07) is 18.7. The van der Waals surface area contributed by atoms with Crippen LogP contribution in [0.15, 0.2) is 54.6 Å². The quantitative estimate of drug-likeness (QED) is 0.226. The summed E-state index contributed by atoms with van der Waals surface area (Å²) in [5.41, 5.74) is 5.90. The van der Waals surface area contributed by atoms with Crippen LogP contribution >= 0.6 is 23.6 Å². The lowest BCUT2D eigenvalue weighted by Crippen LogP contribution is -2.27. The molecule has 0 fully saturated rings. The predicted molar refractivity (Wildman–Crippen MR) is 161 cm³/mol. The first-order valence-electron chi connectivity index (χ1n) is 13.0. The fraction of sp³-hybridized carbons (Fsp3) is 0.387. The summed E-state index contributed by atoms with van der Waals surface area (Å²) in [6.45, 7) is 15.7. The van der Waals surface area contributed by atoms with Crippen LogP contribution < -0.4 is 0 Å². The zero-order valence-corrected chi connectivity index (χ0v) is 25.1. The molecule has 1 N–H and O–H groups in total. The Labute approximate surface area is 233 Å². The van der Waals surface area contributed by atoms with Gasteiger partial charge in [0.05, 0.1) is 10.2 Å². The molecule has 0 aliphatic heterocycles. The highest BCUT2D eigenvalue weighted by atomic mass is 32.1.